The number of unbranched alkanes of at least 4 members (excludes halogenated alkanes) is 7. The minimum Gasteiger partial charge on any atom is -0.457 e. The Labute approximate surface area is 207 Å². The Morgan fingerprint density at radius 1 is 0.794 bits per heavy atom. The number of carbonyl (C=O) groups is 1. The molecule has 188 valence electrons. The molecule has 0 saturated carbocycles. The number of carbonyl (C=O) groups excluding carboxylic acids is 1. The molecule has 0 aliphatic rings. The average molecular weight is 469 g/mol. The van der Waals surface area contributed by atoms with E-state index in [0.29, 0.717) is 6.42 Å². The standard InChI is InChI=1S/C30H46NO3/c1-4-5-6-7-8-9-11-17-27-20-16-21-29(24-27)33-26-34-30(32)22-14-15-23-31(2,3)25-28-18-12-10-13-19-28/h10,12-13,16,18-21,24H,4-9,11,14-15,17,22-23,25-26H2,1-3H3/q+1. The van der Waals surface area contributed by atoms with Crippen LogP contribution in [0, 0.1) is 0 Å². The highest BCUT2D eigenvalue weighted by molar-refractivity contribution is 5.69. The van der Waals surface area contributed by atoms with Gasteiger partial charge in [-0.2, -0.15) is 0 Å². The van der Waals surface area contributed by atoms with Gasteiger partial charge in [0.2, 0.25) is 6.79 Å². The summed E-state index contributed by atoms with van der Waals surface area (Å²) in [6.07, 6.45) is 12.6. The van der Waals surface area contributed by atoms with Gasteiger partial charge < -0.3 is 14.0 Å². The van der Waals surface area contributed by atoms with E-state index in [1.807, 2.05) is 18.2 Å². The number of quaternary nitrogens is 1. The van der Waals surface area contributed by atoms with E-state index in [9.17, 15) is 4.79 Å². The van der Waals surface area contributed by atoms with Crippen molar-refractivity contribution < 1.29 is 18.8 Å². The predicted molar refractivity (Wildman–Crippen MR) is 141 cm³/mol. The Morgan fingerprint density at radius 3 is 2.26 bits per heavy atom. The molecule has 0 unspecified atom stereocenters. The van der Waals surface area contributed by atoms with E-state index in [1.165, 1.54) is 56.1 Å². The smallest absolute Gasteiger partial charge is 0.308 e. The number of aryl methyl sites for hydroxylation is 1. The zero-order chi connectivity index (χ0) is 24.5. The first-order valence-electron chi connectivity index (χ1n) is 13.2. The van der Waals surface area contributed by atoms with Crippen molar-refractivity contribution in [2.24, 2.45) is 0 Å². The molecule has 2 rings (SSSR count). The van der Waals surface area contributed by atoms with Gasteiger partial charge in [0.25, 0.3) is 0 Å². The Kier molecular flexibility index (Phi) is 13.4. The third-order valence-electron chi connectivity index (χ3n) is 6.26. The molecule has 0 radical (unpaired) electrons. The van der Waals surface area contributed by atoms with E-state index < -0.39 is 0 Å². The summed E-state index contributed by atoms with van der Waals surface area (Å²) in [5.74, 6) is 0.584. The minimum absolute atomic E-state index is 0.0186. The number of benzene rings is 2. The highest BCUT2D eigenvalue weighted by atomic mass is 16.7. The molecule has 0 atom stereocenters. The van der Waals surface area contributed by atoms with Gasteiger partial charge in [-0.25, -0.2) is 0 Å². The number of hydrogen-bond donors (Lipinski definition) is 0. The normalized spacial score (nSPS) is 11.4. The van der Waals surface area contributed by atoms with Gasteiger partial charge in [-0.05, 0) is 43.4 Å². The molecular formula is C30H46NO3+. The van der Waals surface area contributed by atoms with Crippen LogP contribution in [0.5, 0.6) is 5.75 Å². The summed E-state index contributed by atoms with van der Waals surface area (Å²) in [7, 11) is 4.47. The summed E-state index contributed by atoms with van der Waals surface area (Å²) < 4.78 is 11.9. The van der Waals surface area contributed by atoms with Crippen molar-refractivity contribution in [1.29, 1.82) is 0 Å². The largest absolute Gasteiger partial charge is 0.457 e. The zero-order valence-electron chi connectivity index (χ0n) is 21.8. The lowest BCUT2D eigenvalue weighted by atomic mass is 10.0. The van der Waals surface area contributed by atoms with Crippen molar-refractivity contribution in [3.8, 4) is 5.75 Å². The maximum Gasteiger partial charge on any atom is 0.308 e. The summed E-state index contributed by atoms with van der Waals surface area (Å²) in [6.45, 7) is 4.27. The van der Waals surface area contributed by atoms with Gasteiger partial charge in [0.05, 0.1) is 20.6 Å². The molecule has 4 heteroatoms. The Morgan fingerprint density at radius 2 is 1.50 bits per heavy atom. The molecule has 0 heterocycles. The molecule has 0 N–H and O–H groups in total. The molecule has 2 aromatic rings. The second kappa shape index (κ2) is 16.3. The molecule has 34 heavy (non-hydrogen) atoms. The van der Waals surface area contributed by atoms with Crippen LogP contribution in [-0.2, 0) is 22.5 Å². The molecule has 4 nitrogen and oxygen atoms in total. The SMILES string of the molecule is CCCCCCCCCc1cccc(OCOC(=O)CCCC[N+](C)(C)Cc2ccccc2)c1. The maximum atomic E-state index is 12.1. The van der Waals surface area contributed by atoms with Gasteiger partial charge >= 0.3 is 5.97 Å². The van der Waals surface area contributed by atoms with E-state index in [4.69, 9.17) is 9.47 Å². The van der Waals surface area contributed by atoms with Gasteiger partial charge in [0, 0.05) is 12.0 Å². The highest BCUT2D eigenvalue weighted by Gasteiger charge is 2.15. The fraction of sp³-hybridized carbons (Fsp3) is 0.567. The molecule has 0 saturated heterocycles. The lowest BCUT2D eigenvalue weighted by Gasteiger charge is -2.30. The van der Waals surface area contributed by atoms with Crippen LogP contribution in [-0.4, -0.2) is 37.9 Å². The van der Waals surface area contributed by atoms with Crippen LogP contribution in [0.25, 0.3) is 0 Å². The molecule has 0 amide bonds. The third kappa shape index (κ3) is 12.8. The number of rotatable bonds is 18. The van der Waals surface area contributed by atoms with Crippen molar-refractivity contribution in [2.75, 3.05) is 27.4 Å². The molecule has 0 spiro atoms. The topological polar surface area (TPSA) is 35.5 Å². The minimum atomic E-state index is -0.187. The number of hydrogen-bond acceptors (Lipinski definition) is 3. The van der Waals surface area contributed by atoms with Gasteiger partial charge in [-0.1, -0.05) is 87.9 Å². The molecule has 0 bridgehead atoms. The van der Waals surface area contributed by atoms with Gasteiger partial charge in [-0.3, -0.25) is 4.79 Å². The molecular weight excluding hydrogens is 422 g/mol. The van der Waals surface area contributed by atoms with Crippen LogP contribution in [0.2, 0.25) is 0 Å². The van der Waals surface area contributed by atoms with Crippen LogP contribution in [0.1, 0.15) is 82.3 Å². The summed E-state index contributed by atoms with van der Waals surface area (Å²) in [4.78, 5) is 12.1. The predicted octanol–water partition coefficient (Wildman–Crippen LogP) is 7.31. The van der Waals surface area contributed by atoms with Crippen LogP contribution in [0.3, 0.4) is 0 Å². The molecule has 0 aromatic heterocycles. The quantitative estimate of drug-likeness (QED) is 0.0996. The van der Waals surface area contributed by atoms with E-state index in [1.54, 1.807) is 0 Å². The third-order valence-corrected chi connectivity index (χ3v) is 6.26. The lowest BCUT2D eigenvalue weighted by Crippen LogP contribution is -2.39. The first-order chi connectivity index (χ1) is 16.5. The fourth-order valence-electron chi connectivity index (χ4n) is 4.28. The number of esters is 1. The first kappa shape index (κ1) is 27.9. The molecule has 2 aromatic carbocycles. The van der Waals surface area contributed by atoms with Crippen molar-refractivity contribution in [3.05, 3.63) is 65.7 Å². The van der Waals surface area contributed by atoms with Crippen molar-refractivity contribution in [2.45, 2.75) is 84.1 Å². The second-order valence-electron chi connectivity index (χ2n) is 10.1. The summed E-state index contributed by atoms with van der Waals surface area (Å²) in [5.41, 5.74) is 2.63. The van der Waals surface area contributed by atoms with Crippen LogP contribution in [0.4, 0.5) is 0 Å². The van der Waals surface area contributed by atoms with E-state index in [0.717, 1.165) is 42.6 Å². The highest BCUT2D eigenvalue weighted by Crippen LogP contribution is 2.17. The monoisotopic (exact) mass is 468 g/mol. The van der Waals surface area contributed by atoms with E-state index in [-0.39, 0.29) is 12.8 Å². The molecule has 0 fully saturated rings. The average Bonchev–Trinajstić information content (AvgIpc) is 2.82. The molecule has 0 aliphatic heterocycles. The Balaban J connectivity index is 1.55. The van der Waals surface area contributed by atoms with Crippen LogP contribution < -0.4 is 4.74 Å². The van der Waals surface area contributed by atoms with Crippen LogP contribution in [0.15, 0.2) is 54.6 Å². The summed E-state index contributed by atoms with van der Waals surface area (Å²) in [5, 5.41) is 0. The summed E-state index contributed by atoms with van der Waals surface area (Å²) in [6, 6.07) is 18.7. The maximum absolute atomic E-state index is 12.1. The number of nitrogens with zero attached hydrogens (tertiary/aromatic N) is 1. The van der Waals surface area contributed by atoms with E-state index in [2.05, 4.69) is 57.4 Å². The Hall–Kier alpha value is -2.33. The lowest BCUT2D eigenvalue weighted by molar-refractivity contribution is -0.903. The van der Waals surface area contributed by atoms with E-state index >= 15 is 0 Å². The number of ether oxygens (including phenoxy) is 2. The summed E-state index contributed by atoms with van der Waals surface area (Å²) >= 11 is 0. The second-order valence-corrected chi connectivity index (χ2v) is 10.1. The fourth-order valence-corrected chi connectivity index (χ4v) is 4.28. The molecule has 0 aliphatic carbocycles. The zero-order valence-corrected chi connectivity index (χ0v) is 21.8. The Bertz CT molecular complexity index is 804. The first-order valence-corrected chi connectivity index (χ1v) is 13.2. The van der Waals surface area contributed by atoms with Gasteiger partial charge in [-0.15, -0.1) is 0 Å². The van der Waals surface area contributed by atoms with Crippen molar-refractivity contribution in [3.63, 3.8) is 0 Å². The van der Waals surface area contributed by atoms with Crippen molar-refractivity contribution in [1.82, 2.24) is 0 Å². The van der Waals surface area contributed by atoms with Crippen LogP contribution >= 0.6 is 0 Å². The van der Waals surface area contributed by atoms with Gasteiger partial charge in [0.1, 0.15) is 12.3 Å². The van der Waals surface area contributed by atoms with Crippen molar-refractivity contribution >= 4 is 5.97 Å². The van der Waals surface area contributed by atoms with Gasteiger partial charge in [0.15, 0.2) is 0 Å².